The molecule has 1 amide bonds. The first-order valence-corrected chi connectivity index (χ1v) is 8.49. The number of carbonyl (C=O) groups is 1. The molecule has 1 aromatic carbocycles. The predicted octanol–water partition coefficient (Wildman–Crippen LogP) is 3.92. The summed E-state index contributed by atoms with van der Waals surface area (Å²) in [5, 5.41) is 8.89. The van der Waals surface area contributed by atoms with Gasteiger partial charge in [0.1, 0.15) is 0 Å². The van der Waals surface area contributed by atoms with Crippen molar-refractivity contribution in [2.45, 2.75) is 26.8 Å². The fourth-order valence-corrected chi connectivity index (χ4v) is 3.12. The standard InChI is InChI=1S/C18H22N2O2S/c1-13(2)18(16-9-6-10-23-16)20-17(21)12-22-19-11-15-8-5-4-7-14(15)3/h4-11,13,18H,12H2,1-3H3,(H,20,21)/b19-11+. The van der Waals surface area contributed by atoms with Gasteiger partial charge >= 0.3 is 0 Å². The van der Waals surface area contributed by atoms with Gasteiger partial charge in [0.05, 0.1) is 12.3 Å². The molecule has 122 valence electrons. The summed E-state index contributed by atoms with van der Waals surface area (Å²) in [4.78, 5) is 18.3. The van der Waals surface area contributed by atoms with E-state index in [0.717, 1.165) is 16.0 Å². The molecule has 1 N–H and O–H groups in total. The van der Waals surface area contributed by atoms with E-state index in [0.29, 0.717) is 5.92 Å². The van der Waals surface area contributed by atoms with E-state index in [2.05, 4.69) is 24.3 Å². The molecular weight excluding hydrogens is 308 g/mol. The minimum Gasteiger partial charge on any atom is -0.386 e. The maximum atomic E-state index is 12.0. The normalized spacial score (nSPS) is 12.5. The zero-order valence-electron chi connectivity index (χ0n) is 13.7. The molecule has 1 unspecified atom stereocenters. The zero-order valence-corrected chi connectivity index (χ0v) is 14.5. The van der Waals surface area contributed by atoms with Crippen LogP contribution in [0.4, 0.5) is 0 Å². The summed E-state index contributed by atoms with van der Waals surface area (Å²) >= 11 is 1.64. The lowest BCUT2D eigenvalue weighted by atomic mass is 10.0. The molecule has 1 atom stereocenters. The minimum absolute atomic E-state index is 0.00597. The van der Waals surface area contributed by atoms with Crippen molar-refractivity contribution in [1.29, 1.82) is 0 Å². The van der Waals surface area contributed by atoms with Crippen LogP contribution in [-0.4, -0.2) is 18.7 Å². The van der Waals surface area contributed by atoms with Crippen LogP contribution in [0.3, 0.4) is 0 Å². The maximum absolute atomic E-state index is 12.0. The van der Waals surface area contributed by atoms with E-state index < -0.39 is 0 Å². The molecule has 0 fully saturated rings. The summed E-state index contributed by atoms with van der Waals surface area (Å²) in [6.07, 6.45) is 1.63. The maximum Gasteiger partial charge on any atom is 0.261 e. The first-order chi connectivity index (χ1) is 11.1. The van der Waals surface area contributed by atoms with Gasteiger partial charge in [-0.05, 0) is 35.4 Å². The predicted molar refractivity (Wildman–Crippen MR) is 94.8 cm³/mol. The Labute approximate surface area is 141 Å². The van der Waals surface area contributed by atoms with Gasteiger partial charge < -0.3 is 10.2 Å². The van der Waals surface area contributed by atoms with Crippen molar-refractivity contribution in [2.75, 3.05) is 6.61 Å². The van der Waals surface area contributed by atoms with Crippen molar-refractivity contribution in [3.8, 4) is 0 Å². The Morgan fingerprint density at radius 2 is 2.09 bits per heavy atom. The Morgan fingerprint density at radius 3 is 2.74 bits per heavy atom. The number of oxime groups is 1. The summed E-state index contributed by atoms with van der Waals surface area (Å²) in [6.45, 7) is 6.09. The molecule has 5 heteroatoms. The largest absolute Gasteiger partial charge is 0.386 e. The van der Waals surface area contributed by atoms with Gasteiger partial charge in [0.2, 0.25) is 0 Å². The fraction of sp³-hybridized carbons (Fsp3) is 0.333. The van der Waals surface area contributed by atoms with E-state index in [1.807, 2.05) is 48.7 Å². The molecule has 2 rings (SSSR count). The molecule has 0 aliphatic heterocycles. The number of rotatable bonds is 7. The lowest BCUT2D eigenvalue weighted by Crippen LogP contribution is -2.33. The number of aryl methyl sites for hydroxylation is 1. The first kappa shape index (κ1) is 17.2. The van der Waals surface area contributed by atoms with E-state index in [9.17, 15) is 4.79 Å². The summed E-state index contributed by atoms with van der Waals surface area (Å²) in [6, 6.07) is 11.9. The third-order valence-electron chi connectivity index (χ3n) is 3.48. The lowest BCUT2D eigenvalue weighted by molar-refractivity contribution is -0.126. The Balaban J connectivity index is 1.84. The smallest absolute Gasteiger partial charge is 0.261 e. The van der Waals surface area contributed by atoms with Crippen molar-refractivity contribution >= 4 is 23.5 Å². The summed E-state index contributed by atoms with van der Waals surface area (Å²) in [5.74, 6) is 0.145. The highest BCUT2D eigenvalue weighted by Crippen LogP contribution is 2.25. The second kappa shape index (κ2) is 8.48. The Morgan fingerprint density at radius 1 is 1.30 bits per heavy atom. The highest BCUT2D eigenvalue weighted by Gasteiger charge is 2.19. The number of nitrogens with zero attached hydrogens (tertiary/aromatic N) is 1. The molecule has 4 nitrogen and oxygen atoms in total. The number of hydrogen-bond donors (Lipinski definition) is 1. The lowest BCUT2D eigenvalue weighted by Gasteiger charge is -2.20. The minimum atomic E-state index is -0.168. The van der Waals surface area contributed by atoms with Crippen molar-refractivity contribution in [3.05, 3.63) is 57.8 Å². The van der Waals surface area contributed by atoms with Gasteiger partial charge in [-0.15, -0.1) is 11.3 Å². The van der Waals surface area contributed by atoms with Crippen LogP contribution in [0.5, 0.6) is 0 Å². The molecule has 0 saturated heterocycles. The molecule has 1 heterocycles. The zero-order chi connectivity index (χ0) is 16.7. The molecule has 2 aromatic rings. The number of amides is 1. The van der Waals surface area contributed by atoms with Crippen LogP contribution in [0.1, 0.15) is 35.9 Å². The molecule has 0 radical (unpaired) electrons. The van der Waals surface area contributed by atoms with Gasteiger partial charge in [-0.2, -0.15) is 0 Å². The van der Waals surface area contributed by atoms with Crippen molar-refractivity contribution < 1.29 is 9.63 Å². The Hall–Kier alpha value is -2.14. The van der Waals surface area contributed by atoms with E-state index in [1.54, 1.807) is 17.6 Å². The quantitative estimate of drug-likeness (QED) is 0.618. The van der Waals surface area contributed by atoms with Crippen LogP contribution in [0.2, 0.25) is 0 Å². The van der Waals surface area contributed by atoms with Gasteiger partial charge in [-0.1, -0.05) is 49.3 Å². The SMILES string of the molecule is Cc1ccccc1/C=N/OCC(=O)NC(c1cccs1)C(C)C. The molecule has 0 aliphatic rings. The fourth-order valence-electron chi connectivity index (χ4n) is 2.17. The second-order valence-corrected chi connectivity index (χ2v) is 6.65. The molecule has 0 bridgehead atoms. The molecule has 0 spiro atoms. The van der Waals surface area contributed by atoms with Crippen molar-refractivity contribution in [1.82, 2.24) is 5.32 Å². The van der Waals surface area contributed by atoms with Gasteiger partial charge in [-0.25, -0.2) is 0 Å². The molecule has 23 heavy (non-hydrogen) atoms. The van der Waals surface area contributed by atoms with Gasteiger partial charge in [0.15, 0.2) is 6.61 Å². The van der Waals surface area contributed by atoms with Gasteiger partial charge in [0, 0.05) is 4.88 Å². The van der Waals surface area contributed by atoms with Crippen LogP contribution < -0.4 is 5.32 Å². The highest BCUT2D eigenvalue weighted by atomic mass is 32.1. The summed E-state index contributed by atoms with van der Waals surface area (Å²) in [5.41, 5.74) is 2.09. The average Bonchev–Trinajstić information content (AvgIpc) is 3.04. The number of hydrogen-bond acceptors (Lipinski definition) is 4. The molecule has 0 saturated carbocycles. The molecule has 0 aliphatic carbocycles. The number of carbonyl (C=O) groups excluding carboxylic acids is 1. The van der Waals surface area contributed by atoms with Crippen LogP contribution in [0.15, 0.2) is 46.9 Å². The summed E-state index contributed by atoms with van der Waals surface area (Å²) < 4.78 is 0. The molecule has 1 aromatic heterocycles. The van der Waals surface area contributed by atoms with Crippen LogP contribution in [0, 0.1) is 12.8 Å². The monoisotopic (exact) mass is 330 g/mol. The number of thiophene rings is 1. The summed E-state index contributed by atoms with van der Waals surface area (Å²) in [7, 11) is 0. The van der Waals surface area contributed by atoms with E-state index in [-0.39, 0.29) is 18.6 Å². The third-order valence-corrected chi connectivity index (χ3v) is 4.44. The van der Waals surface area contributed by atoms with Crippen molar-refractivity contribution in [2.24, 2.45) is 11.1 Å². The van der Waals surface area contributed by atoms with Crippen molar-refractivity contribution in [3.63, 3.8) is 0 Å². The van der Waals surface area contributed by atoms with E-state index in [4.69, 9.17) is 4.84 Å². The van der Waals surface area contributed by atoms with Crippen LogP contribution in [-0.2, 0) is 9.63 Å². The first-order valence-electron chi connectivity index (χ1n) is 7.61. The second-order valence-electron chi connectivity index (χ2n) is 5.67. The third kappa shape index (κ3) is 5.21. The van der Waals surface area contributed by atoms with Crippen LogP contribution >= 0.6 is 11.3 Å². The number of benzene rings is 1. The van der Waals surface area contributed by atoms with Crippen LogP contribution in [0.25, 0.3) is 0 Å². The van der Waals surface area contributed by atoms with E-state index in [1.165, 1.54) is 0 Å². The highest BCUT2D eigenvalue weighted by molar-refractivity contribution is 7.10. The van der Waals surface area contributed by atoms with Gasteiger partial charge in [0.25, 0.3) is 5.91 Å². The van der Waals surface area contributed by atoms with Gasteiger partial charge in [-0.3, -0.25) is 4.79 Å². The Kier molecular flexibility index (Phi) is 6.35. The number of nitrogens with one attached hydrogen (secondary N) is 1. The Bertz CT molecular complexity index is 651. The topological polar surface area (TPSA) is 50.7 Å². The van der Waals surface area contributed by atoms with E-state index >= 15 is 0 Å². The molecular formula is C18H22N2O2S. The average molecular weight is 330 g/mol.